The van der Waals surface area contributed by atoms with Crippen LogP contribution in [0.15, 0.2) is 0 Å². The minimum atomic E-state index is -1.35. The third kappa shape index (κ3) is 4.12. The van der Waals surface area contributed by atoms with E-state index in [4.69, 9.17) is 4.74 Å². The highest BCUT2D eigenvalue weighted by molar-refractivity contribution is 6.00. The zero-order valence-electron chi connectivity index (χ0n) is 16.3. The predicted molar refractivity (Wildman–Crippen MR) is 95.7 cm³/mol. The number of ether oxygens (including phenoxy) is 1. The second-order valence-electron chi connectivity index (χ2n) is 8.12. The zero-order chi connectivity index (χ0) is 18.5. The first-order valence-electron chi connectivity index (χ1n) is 9.66. The van der Waals surface area contributed by atoms with Crippen LogP contribution in [0, 0.1) is 29.1 Å². The minimum Gasteiger partial charge on any atom is -0.480 e. The van der Waals surface area contributed by atoms with Crippen LogP contribution in [0.2, 0.25) is 0 Å². The summed E-state index contributed by atoms with van der Waals surface area (Å²) in [5, 5.41) is 10.0. The standard InChI is InChI=1S/C20H36O4/c1-7-9-15-11-12-20(18(21)22,16(15)10-8-2)19(23)24-17(13(3)4)14(5)6/h13-17H,7-12H2,1-6H3,(H,21,22). The van der Waals surface area contributed by atoms with Crippen molar-refractivity contribution in [2.24, 2.45) is 29.1 Å². The summed E-state index contributed by atoms with van der Waals surface area (Å²) in [6.45, 7) is 12.2. The summed E-state index contributed by atoms with van der Waals surface area (Å²) in [6, 6.07) is 0. The SMILES string of the molecule is CCCC1CCC(C(=O)O)(C(=O)OC(C(C)C)C(C)C)C1CCC. The highest BCUT2D eigenvalue weighted by atomic mass is 16.5. The molecule has 1 fully saturated rings. The van der Waals surface area contributed by atoms with Crippen molar-refractivity contribution < 1.29 is 19.4 Å². The zero-order valence-corrected chi connectivity index (χ0v) is 16.3. The van der Waals surface area contributed by atoms with Gasteiger partial charge in [0.25, 0.3) is 0 Å². The van der Waals surface area contributed by atoms with Crippen molar-refractivity contribution in [3.63, 3.8) is 0 Å². The first-order valence-corrected chi connectivity index (χ1v) is 9.66. The largest absolute Gasteiger partial charge is 0.480 e. The van der Waals surface area contributed by atoms with Gasteiger partial charge in [-0.15, -0.1) is 0 Å². The Morgan fingerprint density at radius 2 is 1.62 bits per heavy atom. The van der Waals surface area contributed by atoms with Gasteiger partial charge in [-0.1, -0.05) is 60.8 Å². The molecule has 4 nitrogen and oxygen atoms in total. The van der Waals surface area contributed by atoms with Crippen LogP contribution in [0.1, 0.15) is 80.1 Å². The summed E-state index contributed by atoms with van der Waals surface area (Å²) < 4.78 is 5.81. The Kier molecular flexibility index (Phi) is 7.75. The number of aliphatic carboxylic acids is 1. The molecule has 0 aromatic heterocycles. The average molecular weight is 341 g/mol. The number of hydrogen-bond acceptors (Lipinski definition) is 3. The van der Waals surface area contributed by atoms with Gasteiger partial charge in [-0.05, 0) is 42.9 Å². The van der Waals surface area contributed by atoms with Gasteiger partial charge in [0.1, 0.15) is 6.10 Å². The number of hydrogen-bond donors (Lipinski definition) is 1. The first kappa shape index (κ1) is 21.0. The monoisotopic (exact) mass is 340 g/mol. The molecule has 24 heavy (non-hydrogen) atoms. The highest BCUT2D eigenvalue weighted by Gasteiger charge is 2.59. The van der Waals surface area contributed by atoms with E-state index in [0.29, 0.717) is 12.3 Å². The number of carboxylic acid groups (broad SMARTS) is 1. The quantitative estimate of drug-likeness (QED) is 0.478. The van der Waals surface area contributed by atoms with Crippen molar-refractivity contribution in [3.8, 4) is 0 Å². The number of rotatable bonds is 9. The molecular weight excluding hydrogens is 304 g/mol. The lowest BCUT2D eigenvalue weighted by Gasteiger charge is -2.35. The summed E-state index contributed by atoms with van der Waals surface area (Å²) in [6.07, 6.45) is 4.68. The molecule has 4 heteroatoms. The van der Waals surface area contributed by atoms with E-state index in [1.807, 2.05) is 27.7 Å². The van der Waals surface area contributed by atoms with Crippen molar-refractivity contribution in [1.29, 1.82) is 0 Å². The Morgan fingerprint density at radius 1 is 1.08 bits per heavy atom. The fraction of sp³-hybridized carbons (Fsp3) is 0.900. The van der Waals surface area contributed by atoms with Crippen LogP contribution in [-0.2, 0) is 14.3 Å². The lowest BCUT2D eigenvalue weighted by molar-refractivity contribution is -0.180. The number of carbonyl (C=O) groups excluding carboxylic acids is 1. The van der Waals surface area contributed by atoms with Gasteiger partial charge in [0.05, 0.1) is 0 Å². The lowest BCUT2D eigenvalue weighted by atomic mass is 9.72. The third-order valence-electron chi connectivity index (χ3n) is 5.67. The summed E-state index contributed by atoms with van der Waals surface area (Å²) in [5.74, 6) is -0.924. The second kappa shape index (κ2) is 8.87. The number of carbonyl (C=O) groups is 2. The maximum absolute atomic E-state index is 13.1. The topological polar surface area (TPSA) is 63.6 Å². The van der Waals surface area contributed by atoms with Crippen LogP contribution < -0.4 is 0 Å². The molecular formula is C20H36O4. The molecule has 0 saturated heterocycles. The molecule has 0 spiro atoms. The van der Waals surface area contributed by atoms with Crippen molar-refractivity contribution >= 4 is 11.9 Å². The van der Waals surface area contributed by atoms with E-state index in [2.05, 4.69) is 13.8 Å². The average Bonchev–Trinajstić information content (AvgIpc) is 2.84. The van der Waals surface area contributed by atoms with Crippen molar-refractivity contribution in [2.45, 2.75) is 86.2 Å². The molecule has 1 aliphatic rings. The van der Waals surface area contributed by atoms with E-state index < -0.39 is 17.4 Å². The van der Waals surface area contributed by atoms with E-state index in [-0.39, 0.29) is 23.9 Å². The fourth-order valence-electron chi connectivity index (χ4n) is 4.59. The summed E-state index contributed by atoms with van der Waals surface area (Å²) in [5.41, 5.74) is -1.35. The van der Waals surface area contributed by atoms with Crippen LogP contribution in [0.4, 0.5) is 0 Å². The van der Waals surface area contributed by atoms with Crippen LogP contribution in [0.3, 0.4) is 0 Å². The van der Waals surface area contributed by atoms with Crippen LogP contribution in [0.25, 0.3) is 0 Å². The van der Waals surface area contributed by atoms with Crippen molar-refractivity contribution in [3.05, 3.63) is 0 Å². The van der Waals surface area contributed by atoms with Gasteiger partial charge >= 0.3 is 11.9 Å². The minimum absolute atomic E-state index is 0.104. The third-order valence-corrected chi connectivity index (χ3v) is 5.67. The normalized spacial score (nSPS) is 27.2. The van der Waals surface area contributed by atoms with Crippen LogP contribution in [-0.4, -0.2) is 23.1 Å². The van der Waals surface area contributed by atoms with E-state index in [9.17, 15) is 14.7 Å². The smallest absolute Gasteiger partial charge is 0.324 e. The second-order valence-corrected chi connectivity index (χ2v) is 8.12. The number of esters is 1. The highest BCUT2D eigenvalue weighted by Crippen LogP contribution is 2.52. The molecule has 1 aliphatic carbocycles. The molecule has 0 aromatic rings. The lowest BCUT2D eigenvalue weighted by Crippen LogP contribution is -2.47. The Bertz CT molecular complexity index is 421. The predicted octanol–water partition coefficient (Wildman–Crippen LogP) is 4.91. The Hall–Kier alpha value is -1.06. The molecule has 0 aromatic carbocycles. The fourth-order valence-corrected chi connectivity index (χ4v) is 4.59. The molecule has 3 unspecified atom stereocenters. The number of carboxylic acids is 1. The van der Waals surface area contributed by atoms with E-state index in [1.165, 1.54) is 0 Å². The van der Waals surface area contributed by atoms with Gasteiger partial charge < -0.3 is 9.84 Å². The van der Waals surface area contributed by atoms with Gasteiger partial charge in [-0.2, -0.15) is 0 Å². The molecule has 1 rings (SSSR count). The van der Waals surface area contributed by atoms with Gasteiger partial charge in [0, 0.05) is 0 Å². The van der Waals surface area contributed by atoms with Crippen molar-refractivity contribution in [2.75, 3.05) is 0 Å². The molecule has 0 aliphatic heterocycles. The molecule has 0 radical (unpaired) electrons. The maximum atomic E-state index is 13.1. The van der Waals surface area contributed by atoms with Gasteiger partial charge in [-0.3, -0.25) is 9.59 Å². The molecule has 3 atom stereocenters. The molecule has 1 saturated carbocycles. The van der Waals surface area contributed by atoms with Gasteiger partial charge in [0.15, 0.2) is 5.41 Å². The molecule has 0 heterocycles. The maximum Gasteiger partial charge on any atom is 0.324 e. The summed E-state index contributed by atoms with van der Waals surface area (Å²) in [4.78, 5) is 25.3. The van der Waals surface area contributed by atoms with Gasteiger partial charge in [-0.25, -0.2) is 0 Å². The van der Waals surface area contributed by atoms with Crippen molar-refractivity contribution in [1.82, 2.24) is 0 Å². The van der Waals surface area contributed by atoms with E-state index >= 15 is 0 Å². The van der Waals surface area contributed by atoms with Crippen LogP contribution in [0.5, 0.6) is 0 Å². The summed E-state index contributed by atoms with van der Waals surface area (Å²) in [7, 11) is 0. The Balaban J connectivity index is 3.14. The van der Waals surface area contributed by atoms with E-state index in [1.54, 1.807) is 0 Å². The molecule has 0 bridgehead atoms. The van der Waals surface area contributed by atoms with Crippen LogP contribution >= 0.6 is 0 Å². The summed E-state index contributed by atoms with van der Waals surface area (Å²) >= 11 is 0. The molecule has 0 amide bonds. The van der Waals surface area contributed by atoms with Gasteiger partial charge in [0.2, 0.25) is 0 Å². The Morgan fingerprint density at radius 3 is 2.04 bits per heavy atom. The Labute approximate surface area is 147 Å². The van der Waals surface area contributed by atoms with E-state index in [0.717, 1.165) is 32.1 Å². The first-order chi connectivity index (χ1) is 11.2. The molecule has 1 N–H and O–H groups in total. The molecule has 140 valence electrons.